The Morgan fingerprint density at radius 2 is 1.85 bits per heavy atom. The van der Waals surface area contributed by atoms with Crippen molar-refractivity contribution in [2.24, 2.45) is 0 Å². The van der Waals surface area contributed by atoms with Crippen molar-refractivity contribution >= 4 is 51.7 Å². The van der Waals surface area contributed by atoms with E-state index in [4.69, 9.17) is 27.9 Å². The Balaban J connectivity index is 1.68. The Bertz CT molecular complexity index is 932. The van der Waals surface area contributed by atoms with Gasteiger partial charge in [0, 0.05) is 32.6 Å². The zero-order chi connectivity index (χ0) is 18.5. The molecule has 26 heavy (non-hydrogen) atoms. The summed E-state index contributed by atoms with van der Waals surface area (Å²) in [4.78, 5) is 16.5. The van der Waals surface area contributed by atoms with E-state index in [-0.39, 0.29) is 5.91 Å². The normalized spacial score (nSPS) is 10.9. The monoisotopic (exact) mass is 404 g/mol. The molecule has 1 heterocycles. The Kier molecular flexibility index (Phi) is 5.93. The minimum Gasteiger partial charge on any atom is -0.497 e. The average Bonchev–Trinajstić information content (AvgIpc) is 3.10. The van der Waals surface area contributed by atoms with Crippen molar-refractivity contribution in [2.75, 3.05) is 12.4 Å². The number of ether oxygens (including phenoxy) is 1. The molecule has 7 heteroatoms. The summed E-state index contributed by atoms with van der Waals surface area (Å²) in [6, 6.07) is 12.7. The number of halogens is 2. The highest BCUT2D eigenvalue weighted by molar-refractivity contribution is 7.14. The molecule has 0 aliphatic rings. The van der Waals surface area contributed by atoms with E-state index in [1.54, 1.807) is 31.4 Å². The number of hydrogen-bond acceptors (Lipinski definition) is 4. The SMILES string of the molecule is COc1ccc(-c2csc(NC(=O)/C=C/c3c(Cl)cccc3Cl)n2)cc1. The van der Waals surface area contributed by atoms with E-state index in [1.807, 2.05) is 29.6 Å². The van der Waals surface area contributed by atoms with Crippen molar-refractivity contribution in [3.63, 3.8) is 0 Å². The lowest BCUT2D eigenvalue weighted by atomic mass is 10.2. The van der Waals surface area contributed by atoms with Gasteiger partial charge in [0.15, 0.2) is 5.13 Å². The fraction of sp³-hybridized carbons (Fsp3) is 0.0526. The summed E-state index contributed by atoms with van der Waals surface area (Å²) < 4.78 is 5.14. The van der Waals surface area contributed by atoms with Crippen LogP contribution in [0.3, 0.4) is 0 Å². The van der Waals surface area contributed by atoms with Gasteiger partial charge in [0.05, 0.1) is 12.8 Å². The van der Waals surface area contributed by atoms with Crippen LogP contribution in [-0.4, -0.2) is 18.0 Å². The second-order valence-corrected chi connectivity index (χ2v) is 6.90. The molecule has 0 saturated carbocycles. The molecule has 3 rings (SSSR count). The number of nitrogens with one attached hydrogen (secondary N) is 1. The average molecular weight is 405 g/mol. The van der Waals surface area contributed by atoms with Gasteiger partial charge in [0.1, 0.15) is 5.75 Å². The van der Waals surface area contributed by atoms with Crippen LogP contribution in [0.4, 0.5) is 5.13 Å². The lowest BCUT2D eigenvalue weighted by molar-refractivity contribution is -0.111. The number of amides is 1. The first-order valence-corrected chi connectivity index (χ1v) is 9.23. The van der Waals surface area contributed by atoms with E-state index in [0.717, 1.165) is 17.0 Å². The molecule has 0 spiro atoms. The van der Waals surface area contributed by atoms with Gasteiger partial charge in [-0.15, -0.1) is 11.3 Å². The topological polar surface area (TPSA) is 51.2 Å². The molecular formula is C19H14Cl2N2O2S. The summed E-state index contributed by atoms with van der Waals surface area (Å²) in [7, 11) is 1.62. The molecule has 4 nitrogen and oxygen atoms in total. The maximum absolute atomic E-state index is 12.1. The minimum absolute atomic E-state index is 0.309. The molecule has 0 bridgehead atoms. The van der Waals surface area contributed by atoms with Crippen molar-refractivity contribution in [2.45, 2.75) is 0 Å². The third-order valence-corrected chi connectivity index (χ3v) is 4.94. The zero-order valence-corrected chi connectivity index (χ0v) is 16.0. The number of anilines is 1. The van der Waals surface area contributed by atoms with Crippen LogP contribution >= 0.6 is 34.5 Å². The Morgan fingerprint density at radius 1 is 1.15 bits per heavy atom. The molecule has 1 aromatic heterocycles. The summed E-state index contributed by atoms with van der Waals surface area (Å²) in [6.07, 6.45) is 2.96. The molecule has 132 valence electrons. The number of benzene rings is 2. The summed E-state index contributed by atoms with van der Waals surface area (Å²) >= 11 is 13.5. The minimum atomic E-state index is -0.309. The lowest BCUT2D eigenvalue weighted by Gasteiger charge is -2.01. The number of nitrogens with zero attached hydrogens (tertiary/aromatic N) is 1. The second kappa shape index (κ2) is 8.36. The van der Waals surface area contributed by atoms with E-state index < -0.39 is 0 Å². The van der Waals surface area contributed by atoms with Crippen molar-refractivity contribution in [1.82, 2.24) is 4.98 Å². The maximum Gasteiger partial charge on any atom is 0.250 e. The first kappa shape index (κ1) is 18.5. The van der Waals surface area contributed by atoms with Crippen molar-refractivity contribution in [1.29, 1.82) is 0 Å². The molecule has 0 saturated heterocycles. The fourth-order valence-corrected chi connectivity index (χ4v) is 3.45. The molecule has 3 aromatic rings. The molecule has 0 aliphatic heterocycles. The van der Waals surface area contributed by atoms with E-state index in [1.165, 1.54) is 17.4 Å². The van der Waals surface area contributed by atoms with Gasteiger partial charge >= 0.3 is 0 Å². The Morgan fingerprint density at radius 3 is 2.50 bits per heavy atom. The van der Waals surface area contributed by atoms with E-state index in [9.17, 15) is 4.79 Å². The summed E-state index contributed by atoms with van der Waals surface area (Å²) in [5.41, 5.74) is 2.33. The van der Waals surface area contributed by atoms with Crippen LogP contribution in [0.25, 0.3) is 17.3 Å². The smallest absolute Gasteiger partial charge is 0.250 e. The molecular weight excluding hydrogens is 391 g/mol. The summed E-state index contributed by atoms with van der Waals surface area (Å²) in [6.45, 7) is 0. The molecule has 0 fully saturated rings. The van der Waals surface area contributed by atoms with E-state index in [2.05, 4.69) is 10.3 Å². The van der Waals surface area contributed by atoms with Gasteiger partial charge in [-0.05, 0) is 42.5 Å². The highest BCUT2D eigenvalue weighted by atomic mass is 35.5. The van der Waals surface area contributed by atoms with Gasteiger partial charge in [-0.2, -0.15) is 0 Å². The maximum atomic E-state index is 12.1. The molecule has 0 aliphatic carbocycles. The standard InChI is InChI=1S/C19H14Cl2N2O2S/c1-25-13-7-5-12(6-8-13)17-11-26-19(22-17)23-18(24)10-9-14-15(20)3-2-4-16(14)21/h2-11H,1H3,(H,22,23,24)/b10-9+. The predicted octanol–water partition coefficient (Wildman–Crippen LogP) is 5.78. The largest absolute Gasteiger partial charge is 0.497 e. The van der Waals surface area contributed by atoms with Gasteiger partial charge < -0.3 is 4.74 Å². The van der Waals surface area contributed by atoms with Crippen LogP contribution in [0.2, 0.25) is 10.0 Å². The number of methoxy groups -OCH3 is 1. The molecule has 0 radical (unpaired) electrons. The van der Waals surface area contributed by atoms with Gasteiger partial charge in [-0.1, -0.05) is 29.3 Å². The Hall–Kier alpha value is -2.34. The van der Waals surface area contributed by atoms with Crippen LogP contribution in [0.1, 0.15) is 5.56 Å². The molecule has 2 aromatic carbocycles. The third kappa shape index (κ3) is 4.43. The number of rotatable bonds is 5. The molecule has 1 N–H and O–H groups in total. The third-order valence-electron chi connectivity index (χ3n) is 3.52. The molecule has 0 unspecified atom stereocenters. The van der Waals surface area contributed by atoms with Crippen LogP contribution in [0.15, 0.2) is 53.9 Å². The van der Waals surface area contributed by atoms with Crippen LogP contribution in [0.5, 0.6) is 5.75 Å². The zero-order valence-electron chi connectivity index (χ0n) is 13.7. The number of hydrogen-bond donors (Lipinski definition) is 1. The summed E-state index contributed by atoms with van der Waals surface area (Å²) in [5.74, 6) is 0.470. The van der Waals surface area contributed by atoms with Crippen molar-refractivity contribution in [3.05, 3.63) is 69.5 Å². The highest BCUT2D eigenvalue weighted by Crippen LogP contribution is 2.27. The molecule has 1 amide bonds. The highest BCUT2D eigenvalue weighted by Gasteiger charge is 2.07. The van der Waals surface area contributed by atoms with Gasteiger partial charge in [0.25, 0.3) is 0 Å². The second-order valence-electron chi connectivity index (χ2n) is 5.22. The molecule has 0 atom stereocenters. The van der Waals surface area contributed by atoms with Crippen LogP contribution in [0, 0.1) is 0 Å². The van der Waals surface area contributed by atoms with Crippen molar-refractivity contribution < 1.29 is 9.53 Å². The first-order chi connectivity index (χ1) is 12.6. The Labute approximate surface area is 165 Å². The fourth-order valence-electron chi connectivity index (χ4n) is 2.20. The number of carbonyl (C=O) groups excluding carboxylic acids is 1. The first-order valence-electron chi connectivity index (χ1n) is 7.60. The van der Waals surface area contributed by atoms with Gasteiger partial charge in [-0.25, -0.2) is 4.98 Å². The van der Waals surface area contributed by atoms with Crippen LogP contribution < -0.4 is 10.1 Å². The van der Waals surface area contributed by atoms with E-state index >= 15 is 0 Å². The quantitative estimate of drug-likeness (QED) is 0.548. The van der Waals surface area contributed by atoms with Gasteiger partial charge in [0.2, 0.25) is 5.91 Å². The lowest BCUT2D eigenvalue weighted by Crippen LogP contribution is -2.07. The summed E-state index contributed by atoms with van der Waals surface area (Å²) in [5, 5.41) is 6.09. The predicted molar refractivity (Wildman–Crippen MR) is 108 cm³/mol. The van der Waals surface area contributed by atoms with Gasteiger partial charge in [-0.3, -0.25) is 10.1 Å². The number of thiazole rings is 1. The van der Waals surface area contributed by atoms with Crippen molar-refractivity contribution in [3.8, 4) is 17.0 Å². The van der Waals surface area contributed by atoms with Crippen LogP contribution in [-0.2, 0) is 4.79 Å². The number of aromatic nitrogens is 1. The number of carbonyl (C=O) groups is 1. The van der Waals surface area contributed by atoms with E-state index in [0.29, 0.717) is 20.7 Å².